The fourth-order valence-corrected chi connectivity index (χ4v) is 8.66. The normalized spacial score (nSPS) is 12.2. The summed E-state index contributed by atoms with van der Waals surface area (Å²) >= 11 is 0. The SMILES string of the molecule is c1ccc2c(-c3ccc4oc5ccc(-c6ccc7c(c6)c6ccccc6n7-c6ccc7ccc8c9ccccc9oc8c7c6)cc5c4c3)cccc2c1. The highest BCUT2D eigenvalue weighted by atomic mass is 16.3. The van der Waals surface area contributed by atoms with Crippen LogP contribution in [0.25, 0.3) is 115 Å². The molecule has 3 aromatic heterocycles. The van der Waals surface area contributed by atoms with E-state index < -0.39 is 0 Å². The molecule has 0 unspecified atom stereocenters. The van der Waals surface area contributed by atoms with E-state index in [4.69, 9.17) is 8.83 Å². The van der Waals surface area contributed by atoms with Crippen LogP contribution in [0.4, 0.5) is 0 Å². The van der Waals surface area contributed by atoms with Crippen molar-refractivity contribution in [3.05, 3.63) is 176 Å². The summed E-state index contributed by atoms with van der Waals surface area (Å²) in [5.74, 6) is 0. The number of hydrogen-bond acceptors (Lipinski definition) is 2. The highest BCUT2D eigenvalue weighted by Crippen LogP contribution is 2.40. The molecule has 12 aromatic rings. The van der Waals surface area contributed by atoms with Crippen molar-refractivity contribution in [2.45, 2.75) is 0 Å². The first-order chi connectivity index (χ1) is 26.2. The molecule has 0 amide bonds. The van der Waals surface area contributed by atoms with Crippen molar-refractivity contribution in [3.63, 3.8) is 0 Å². The fraction of sp³-hybridized carbons (Fsp3) is 0. The Kier molecular flexibility index (Phi) is 5.77. The van der Waals surface area contributed by atoms with Crippen LogP contribution in [0.1, 0.15) is 0 Å². The quantitative estimate of drug-likeness (QED) is 0.187. The maximum absolute atomic E-state index is 6.46. The Balaban J connectivity index is 1.02. The Hall–Kier alpha value is -7.10. The van der Waals surface area contributed by atoms with Crippen LogP contribution in [0.3, 0.4) is 0 Å². The van der Waals surface area contributed by atoms with E-state index in [0.717, 1.165) is 65.9 Å². The molecule has 246 valence electrons. The molecular weight excluding hydrogens is 647 g/mol. The fourth-order valence-electron chi connectivity index (χ4n) is 8.66. The maximum atomic E-state index is 6.46. The van der Waals surface area contributed by atoms with E-state index in [1.165, 1.54) is 49.3 Å². The molecule has 3 heteroatoms. The predicted octanol–water partition coefficient (Wildman–Crippen LogP) is 14.2. The van der Waals surface area contributed by atoms with Gasteiger partial charge in [0.05, 0.1) is 11.0 Å². The molecule has 0 aliphatic carbocycles. The van der Waals surface area contributed by atoms with Crippen LogP contribution in [0.15, 0.2) is 185 Å². The first kappa shape index (κ1) is 28.6. The second kappa shape index (κ2) is 10.7. The molecule has 0 aliphatic heterocycles. The number of nitrogens with zero attached hydrogens (tertiary/aromatic N) is 1. The molecule has 0 spiro atoms. The zero-order valence-corrected chi connectivity index (χ0v) is 28.5. The van der Waals surface area contributed by atoms with E-state index in [1.807, 2.05) is 12.1 Å². The van der Waals surface area contributed by atoms with Crippen LogP contribution in [0.5, 0.6) is 0 Å². The summed E-state index contributed by atoms with van der Waals surface area (Å²) in [6.07, 6.45) is 0. The lowest BCUT2D eigenvalue weighted by Gasteiger charge is -2.10. The van der Waals surface area contributed by atoms with Gasteiger partial charge in [-0.2, -0.15) is 0 Å². The summed E-state index contributed by atoms with van der Waals surface area (Å²) in [5, 5.41) is 11.7. The molecule has 3 heterocycles. The number of para-hydroxylation sites is 2. The van der Waals surface area contributed by atoms with Crippen molar-refractivity contribution < 1.29 is 8.83 Å². The average molecular weight is 676 g/mol. The van der Waals surface area contributed by atoms with Crippen molar-refractivity contribution >= 4 is 87.2 Å². The van der Waals surface area contributed by atoms with Gasteiger partial charge < -0.3 is 13.4 Å². The van der Waals surface area contributed by atoms with Gasteiger partial charge in [-0.05, 0) is 105 Å². The van der Waals surface area contributed by atoms with Gasteiger partial charge in [-0.1, -0.05) is 109 Å². The van der Waals surface area contributed by atoms with Crippen molar-refractivity contribution in [2.24, 2.45) is 0 Å². The van der Waals surface area contributed by atoms with Gasteiger partial charge in [-0.25, -0.2) is 0 Å². The number of furan rings is 2. The molecular formula is C50H29NO2. The number of benzene rings is 9. The van der Waals surface area contributed by atoms with Crippen LogP contribution < -0.4 is 0 Å². The Morgan fingerprint density at radius 3 is 1.83 bits per heavy atom. The van der Waals surface area contributed by atoms with Crippen LogP contribution in [0, 0.1) is 0 Å². The largest absolute Gasteiger partial charge is 0.456 e. The first-order valence-electron chi connectivity index (χ1n) is 18.1. The summed E-state index contributed by atoms with van der Waals surface area (Å²) in [6, 6.07) is 63.2. The standard InChI is InChI=1S/C50H29NO2/c1-2-10-36-30(8-1)9-7-13-37(36)34-20-25-49-44(28-34)43-27-33(19-24-48(43)52-49)32-18-23-46-42(26-32)38-11-3-5-14-45(38)51(46)35-21-16-31-17-22-40-39-12-4-6-15-47(39)53-50(40)41(31)29-35/h1-29H. The molecule has 0 bridgehead atoms. The molecule has 0 saturated heterocycles. The third kappa shape index (κ3) is 4.16. The number of rotatable bonds is 3. The zero-order valence-electron chi connectivity index (χ0n) is 28.5. The lowest BCUT2D eigenvalue weighted by Crippen LogP contribution is -1.94. The van der Waals surface area contributed by atoms with Gasteiger partial charge in [0, 0.05) is 43.4 Å². The van der Waals surface area contributed by atoms with Gasteiger partial charge in [0.15, 0.2) is 0 Å². The molecule has 0 fully saturated rings. The van der Waals surface area contributed by atoms with Crippen LogP contribution >= 0.6 is 0 Å². The lowest BCUT2D eigenvalue weighted by atomic mass is 9.96. The summed E-state index contributed by atoms with van der Waals surface area (Å²) < 4.78 is 15.2. The Morgan fingerprint density at radius 1 is 0.321 bits per heavy atom. The van der Waals surface area contributed by atoms with E-state index in [0.29, 0.717) is 0 Å². The molecule has 0 atom stereocenters. The van der Waals surface area contributed by atoms with Gasteiger partial charge in [0.25, 0.3) is 0 Å². The topological polar surface area (TPSA) is 31.2 Å². The molecule has 0 N–H and O–H groups in total. The van der Waals surface area contributed by atoms with E-state index in [1.54, 1.807) is 0 Å². The smallest absolute Gasteiger partial charge is 0.143 e. The minimum Gasteiger partial charge on any atom is -0.456 e. The Morgan fingerprint density at radius 2 is 0.943 bits per heavy atom. The van der Waals surface area contributed by atoms with E-state index >= 15 is 0 Å². The van der Waals surface area contributed by atoms with E-state index in [9.17, 15) is 0 Å². The van der Waals surface area contributed by atoms with Crippen LogP contribution in [0.2, 0.25) is 0 Å². The van der Waals surface area contributed by atoms with Gasteiger partial charge in [0.2, 0.25) is 0 Å². The second-order valence-electron chi connectivity index (χ2n) is 14.1. The summed E-state index contributed by atoms with van der Waals surface area (Å²) in [4.78, 5) is 0. The van der Waals surface area contributed by atoms with Crippen LogP contribution in [-0.2, 0) is 0 Å². The molecule has 9 aromatic carbocycles. The second-order valence-corrected chi connectivity index (χ2v) is 14.1. The number of hydrogen-bond donors (Lipinski definition) is 0. The van der Waals surface area contributed by atoms with Gasteiger partial charge in [0.1, 0.15) is 22.3 Å². The van der Waals surface area contributed by atoms with Crippen molar-refractivity contribution in [2.75, 3.05) is 0 Å². The molecule has 3 nitrogen and oxygen atoms in total. The third-order valence-corrected chi connectivity index (χ3v) is 11.2. The van der Waals surface area contributed by atoms with Gasteiger partial charge in [-0.15, -0.1) is 0 Å². The predicted molar refractivity (Wildman–Crippen MR) is 221 cm³/mol. The minimum absolute atomic E-state index is 0.895. The number of fused-ring (bicyclic) bond motifs is 12. The molecule has 53 heavy (non-hydrogen) atoms. The molecule has 0 saturated carbocycles. The highest BCUT2D eigenvalue weighted by Gasteiger charge is 2.17. The Labute approximate surface area is 303 Å². The summed E-state index contributed by atoms with van der Waals surface area (Å²) in [5.41, 5.74) is 11.8. The maximum Gasteiger partial charge on any atom is 0.143 e. The monoisotopic (exact) mass is 675 g/mol. The van der Waals surface area contributed by atoms with Crippen molar-refractivity contribution in [1.82, 2.24) is 4.57 Å². The van der Waals surface area contributed by atoms with E-state index in [-0.39, 0.29) is 0 Å². The molecule has 0 aliphatic rings. The first-order valence-corrected chi connectivity index (χ1v) is 18.1. The van der Waals surface area contributed by atoms with Crippen molar-refractivity contribution in [1.29, 1.82) is 0 Å². The zero-order chi connectivity index (χ0) is 34.6. The summed E-state index contributed by atoms with van der Waals surface area (Å²) in [6.45, 7) is 0. The highest BCUT2D eigenvalue weighted by molar-refractivity contribution is 6.16. The minimum atomic E-state index is 0.895. The lowest BCUT2D eigenvalue weighted by molar-refractivity contribution is 0.669. The summed E-state index contributed by atoms with van der Waals surface area (Å²) in [7, 11) is 0. The third-order valence-electron chi connectivity index (χ3n) is 11.2. The Bertz CT molecular complexity index is 3460. The van der Waals surface area contributed by atoms with Gasteiger partial charge >= 0.3 is 0 Å². The molecule has 0 radical (unpaired) electrons. The van der Waals surface area contributed by atoms with Crippen molar-refractivity contribution in [3.8, 4) is 27.9 Å². The van der Waals surface area contributed by atoms with Crippen LogP contribution in [-0.4, -0.2) is 4.57 Å². The van der Waals surface area contributed by atoms with Gasteiger partial charge in [-0.3, -0.25) is 0 Å². The average Bonchev–Trinajstić information content (AvgIpc) is 3.89. The van der Waals surface area contributed by atoms with E-state index in [2.05, 4.69) is 168 Å². The number of aromatic nitrogens is 1. The molecule has 12 rings (SSSR count).